The first-order chi connectivity index (χ1) is 9.40. The summed E-state index contributed by atoms with van der Waals surface area (Å²) in [6.07, 6.45) is 10.2. The van der Waals surface area contributed by atoms with Gasteiger partial charge in [0.25, 0.3) is 0 Å². The summed E-state index contributed by atoms with van der Waals surface area (Å²) >= 11 is 0. The van der Waals surface area contributed by atoms with Crippen molar-refractivity contribution < 1.29 is 4.74 Å². The molecule has 3 heteroatoms. The van der Waals surface area contributed by atoms with Crippen molar-refractivity contribution in [2.24, 2.45) is 11.8 Å². The van der Waals surface area contributed by atoms with Gasteiger partial charge in [0.2, 0.25) is 0 Å². The molecule has 0 unspecified atom stereocenters. The van der Waals surface area contributed by atoms with E-state index in [4.69, 9.17) is 4.74 Å². The maximum absolute atomic E-state index is 5.43. The molecule has 0 N–H and O–H groups in total. The van der Waals surface area contributed by atoms with Crippen molar-refractivity contribution in [3.05, 3.63) is 12.2 Å². The highest BCUT2D eigenvalue weighted by Crippen LogP contribution is 2.24. The third-order valence-corrected chi connectivity index (χ3v) is 4.88. The Labute approximate surface area is 117 Å². The highest BCUT2D eigenvalue weighted by Gasteiger charge is 2.26. The van der Waals surface area contributed by atoms with Gasteiger partial charge in [0.1, 0.15) is 0 Å². The smallest absolute Gasteiger partial charge is 0.0594 e. The lowest BCUT2D eigenvalue weighted by molar-refractivity contribution is 0.0311. The second kappa shape index (κ2) is 6.87. The average molecular weight is 264 g/mol. The van der Waals surface area contributed by atoms with Crippen molar-refractivity contribution >= 4 is 0 Å². The Morgan fingerprint density at radius 3 is 2.53 bits per heavy atom. The van der Waals surface area contributed by atoms with Crippen molar-refractivity contribution in [1.82, 2.24) is 9.80 Å². The molecule has 0 amide bonds. The first kappa shape index (κ1) is 13.6. The van der Waals surface area contributed by atoms with Crippen LogP contribution in [0.4, 0.5) is 0 Å². The molecule has 0 aromatic heterocycles. The molecule has 0 aromatic carbocycles. The zero-order valence-corrected chi connectivity index (χ0v) is 12.1. The van der Waals surface area contributed by atoms with E-state index in [2.05, 4.69) is 22.0 Å². The van der Waals surface area contributed by atoms with Gasteiger partial charge in [-0.05, 0) is 44.1 Å². The van der Waals surface area contributed by atoms with Crippen molar-refractivity contribution in [2.45, 2.75) is 25.7 Å². The normalized spacial score (nSPS) is 33.9. The summed E-state index contributed by atoms with van der Waals surface area (Å²) in [4.78, 5) is 5.32. The van der Waals surface area contributed by atoms with Crippen LogP contribution in [0.3, 0.4) is 0 Å². The molecule has 3 nitrogen and oxygen atoms in total. The van der Waals surface area contributed by atoms with E-state index >= 15 is 0 Å². The third kappa shape index (κ3) is 4.04. The van der Waals surface area contributed by atoms with Gasteiger partial charge in [0, 0.05) is 32.7 Å². The maximum Gasteiger partial charge on any atom is 0.0594 e. The van der Waals surface area contributed by atoms with Gasteiger partial charge in [-0.2, -0.15) is 0 Å². The Kier molecular flexibility index (Phi) is 4.91. The molecular formula is C16H28N2O. The summed E-state index contributed by atoms with van der Waals surface area (Å²) in [5.41, 5.74) is 0. The molecule has 3 rings (SSSR count). The van der Waals surface area contributed by atoms with Gasteiger partial charge in [-0.1, -0.05) is 12.2 Å². The summed E-state index contributed by atoms with van der Waals surface area (Å²) in [5, 5.41) is 0. The molecule has 0 spiro atoms. The maximum atomic E-state index is 5.43. The van der Waals surface area contributed by atoms with Gasteiger partial charge in [-0.15, -0.1) is 0 Å². The van der Waals surface area contributed by atoms with Crippen molar-refractivity contribution in [1.29, 1.82) is 0 Å². The standard InChI is InChI=1S/C16H28N2O/c1-2-4-15(5-3-1)12-18-7-6-16(14-18)13-17-8-10-19-11-9-17/h1-2,15-16H,3-14H2/t15-,16+/m0/s1. The van der Waals surface area contributed by atoms with E-state index in [0.29, 0.717) is 0 Å². The van der Waals surface area contributed by atoms with E-state index in [1.165, 1.54) is 51.9 Å². The second-order valence-electron chi connectivity index (χ2n) is 6.48. The fraction of sp³-hybridized carbons (Fsp3) is 0.875. The van der Waals surface area contributed by atoms with Gasteiger partial charge in [0.05, 0.1) is 13.2 Å². The number of rotatable bonds is 4. The molecule has 0 saturated carbocycles. The number of morpholine rings is 1. The van der Waals surface area contributed by atoms with E-state index in [0.717, 1.165) is 38.1 Å². The Bertz CT molecular complexity index is 299. The molecule has 0 bridgehead atoms. The first-order valence-electron chi connectivity index (χ1n) is 8.07. The van der Waals surface area contributed by atoms with Crippen LogP contribution in [0.5, 0.6) is 0 Å². The molecule has 2 saturated heterocycles. The summed E-state index contributed by atoms with van der Waals surface area (Å²) in [7, 11) is 0. The highest BCUT2D eigenvalue weighted by molar-refractivity contribution is 4.91. The van der Waals surface area contributed by atoms with Crippen LogP contribution in [-0.2, 0) is 4.74 Å². The number of allylic oxidation sites excluding steroid dienone is 2. The van der Waals surface area contributed by atoms with E-state index in [1.54, 1.807) is 0 Å². The largest absolute Gasteiger partial charge is 0.379 e. The second-order valence-corrected chi connectivity index (χ2v) is 6.48. The minimum atomic E-state index is 0.900. The van der Waals surface area contributed by atoms with E-state index in [1.807, 2.05) is 0 Å². The molecule has 0 aromatic rings. The number of hydrogen-bond donors (Lipinski definition) is 0. The summed E-state index contributed by atoms with van der Waals surface area (Å²) in [6.45, 7) is 9.45. The van der Waals surface area contributed by atoms with Crippen molar-refractivity contribution in [2.75, 3.05) is 52.5 Å². The molecule has 19 heavy (non-hydrogen) atoms. The zero-order valence-electron chi connectivity index (χ0n) is 12.1. The van der Waals surface area contributed by atoms with Crippen molar-refractivity contribution in [3.8, 4) is 0 Å². The molecule has 2 heterocycles. The predicted molar refractivity (Wildman–Crippen MR) is 78.3 cm³/mol. The summed E-state index contributed by atoms with van der Waals surface area (Å²) in [6, 6.07) is 0. The Hall–Kier alpha value is -0.380. The molecular weight excluding hydrogens is 236 g/mol. The number of ether oxygens (including phenoxy) is 1. The van der Waals surface area contributed by atoms with Gasteiger partial charge in [-0.3, -0.25) is 4.90 Å². The van der Waals surface area contributed by atoms with Crippen LogP contribution in [0, 0.1) is 11.8 Å². The van der Waals surface area contributed by atoms with E-state index in [9.17, 15) is 0 Å². The Morgan fingerprint density at radius 1 is 0.895 bits per heavy atom. The fourth-order valence-electron chi connectivity index (χ4n) is 3.76. The van der Waals surface area contributed by atoms with E-state index in [-0.39, 0.29) is 0 Å². The van der Waals surface area contributed by atoms with Gasteiger partial charge in [-0.25, -0.2) is 0 Å². The zero-order chi connectivity index (χ0) is 12.9. The quantitative estimate of drug-likeness (QED) is 0.722. The Balaban J connectivity index is 1.38. The molecule has 0 radical (unpaired) electrons. The lowest BCUT2D eigenvalue weighted by Crippen LogP contribution is -2.40. The topological polar surface area (TPSA) is 15.7 Å². The summed E-state index contributed by atoms with van der Waals surface area (Å²) < 4.78 is 5.43. The Morgan fingerprint density at radius 2 is 1.74 bits per heavy atom. The van der Waals surface area contributed by atoms with Crippen LogP contribution in [0.15, 0.2) is 12.2 Å². The number of nitrogens with zero attached hydrogens (tertiary/aromatic N) is 2. The van der Waals surface area contributed by atoms with Gasteiger partial charge >= 0.3 is 0 Å². The molecule has 2 fully saturated rings. The fourth-order valence-corrected chi connectivity index (χ4v) is 3.76. The molecule has 3 aliphatic rings. The average Bonchev–Trinajstić information content (AvgIpc) is 2.88. The van der Waals surface area contributed by atoms with Crippen LogP contribution >= 0.6 is 0 Å². The first-order valence-corrected chi connectivity index (χ1v) is 8.07. The van der Waals surface area contributed by atoms with Crippen LogP contribution in [0.25, 0.3) is 0 Å². The van der Waals surface area contributed by atoms with E-state index < -0.39 is 0 Å². The van der Waals surface area contributed by atoms with Crippen LogP contribution in [0.2, 0.25) is 0 Å². The summed E-state index contributed by atoms with van der Waals surface area (Å²) in [5.74, 6) is 1.82. The molecule has 2 atom stereocenters. The van der Waals surface area contributed by atoms with Gasteiger partial charge in [0.15, 0.2) is 0 Å². The van der Waals surface area contributed by atoms with Crippen LogP contribution in [-0.4, -0.2) is 62.3 Å². The van der Waals surface area contributed by atoms with Crippen LogP contribution in [0.1, 0.15) is 25.7 Å². The monoisotopic (exact) mass is 264 g/mol. The van der Waals surface area contributed by atoms with Crippen molar-refractivity contribution in [3.63, 3.8) is 0 Å². The lowest BCUT2D eigenvalue weighted by Gasteiger charge is -2.29. The SMILES string of the molecule is C1=CC[C@H](CN2CC[C@H](CN3CCOCC3)C2)CC1. The minimum Gasteiger partial charge on any atom is -0.379 e. The molecule has 2 aliphatic heterocycles. The predicted octanol–water partition coefficient (Wildman–Crippen LogP) is 2.00. The number of likely N-dealkylation sites (tertiary alicyclic amines) is 1. The molecule has 1 aliphatic carbocycles. The van der Waals surface area contributed by atoms with Gasteiger partial charge < -0.3 is 9.64 Å². The highest BCUT2D eigenvalue weighted by atomic mass is 16.5. The lowest BCUT2D eigenvalue weighted by atomic mass is 9.94. The number of hydrogen-bond acceptors (Lipinski definition) is 3. The molecule has 108 valence electrons. The minimum absolute atomic E-state index is 0.900. The third-order valence-electron chi connectivity index (χ3n) is 4.88. The van der Waals surface area contributed by atoms with Crippen LogP contribution < -0.4 is 0 Å².